The zero-order valence-corrected chi connectivity index (χ0v) is 12.4. The van der Waals surface area contributed by atoms with E-state index in [4.69, 9.17) is 0 Å². The Hall–Kier alpha value is -0.880. The standard InChI is InChI=1S/C12H19BrN4O/c1-16(8-9-4-3-5-14-6-9)10-7-15-17(2)12(18)11(10)13/h7,9,14H,3-6,8H2,1-2H3. The highest BCUT2D eigenvalue weighted by molar-refractivity contribution is 9.10. The molecule has 2 rings (SSSR count). The minimum absolute atomic E-state index is 0.0962. The monoisotopic (exact) mass is 314 g/mol. The van der Waals surface area contributed by atoms with E-state index in [1.54, 1.807) is 13.2 Å². The maximum absolute atomic E-state index is 11.8. The lowest BCUT2D eigenvalue weighted by Gasteiger charge is -2.29. The zero-order valence-electron chi connectivity index (χ0n) is 10.8. The highest BCUT2D eigenvalue weighted by atomic mass is 79.9. The fourth-order valence-electron chi connectivity index (χ4n) is 2.33. The van der Waals surface area contributed by atoms with Gasteiger partial charge in [0, 0.05) is 20.6 Å². The van der Waals surface area contributed by atoms with Crippen molar-refractivity contribution in [2.24, 2.45) is 13.0 Å². The number of anilines is 1. The molecule has 0 saturated carbocycles. The minimum atomic E-state index is -0.0962. The van der Waals surface area contributed by atoms with Crippen LogP contribution in [0.1, 0.15) is 12.8 Å². The minimum Gasteiger partial charge on any atom is -0.372 e. The van der Waals surface area contributed by atoms with Gasteiger partial charge >= 0.3 is 0 Å². The Labute approximate surface area is 115 Å². The molecule has 1 aromatic rings. The maximum atomic E-state index is 11.8. The average molecular weight is 315 g/mol. The Balaban J connectivity index is 2.11. The molecule has 1 N–H and O–H groups in total. The van der Waals surface area contributed by atoms with Crippen molar-refractivity contribution in [2.75, 3.05) is 31.6 Å². The number of halogens is 1. The summed E-state index contributed by atoms with van der Waals surface area (Å²) in [6.45, 7) is 3.12. The number of hydrogen-bond donors (Lipinski definition) is 1. The molecule has 0 amide bonds. The van der Waals surface area contributed by atoms with E-state index in [9.17, 15) is 4.79 Å². The summed E-state index contributed by atoms with van der Waals surface area (Å²) in [7, 11) is 3.66. The summed E-state index contributed by atoms with van der Waals surface area (Å²) in [5, 5.41) is 7.48. The smallest absolute Gasteiger partial charge is 0.282 e. The topological polar surface area (TPSA) is 50.2 Å². The van der Waals surface area contributed by atoms with Crippen LogP contribution in [0.2, 0.25) is 0 Å². The van der Waals surface area contributed by atoms with Gasteiger partial charge in [-0.05, 0) is 47.8 Å². The first-order chi connectivity index (χ1) is 8.59. The van der Waals surface area contributed by atoms with Crippen LogP contribution in [0.25, 0.3) is 0 Å². The largest absolute Gasteiger partial charge is 0.372 e. The number of piperidine rings is 1. The summed E-state index contributed by atoms with van der Waals surface area (Å²) in [6, 6.07) is 0. The third kappa shape index (κ3) is 2.92. The molecule has 2 heterocycles. The van der Waals surface area contributed by atoms with Gasteiger partial charge in [0.25, 0.3) is 5.56 Å². The number of hydrogen-bond acceptors (Lipinski definition) is 4. The molecule has 0 aromatic carbocycles. The quantitative estimate of drug-likeness (QED) is 0.903. The maximum Gasteiger partial charge on any atom is 0.282 e. The molecule has 1 aliphatic rings. The number of nitrogens with one attached hydrogen (secondary N) is 1. The second-order valence-electron chi connectivity index (χ2n) is 4.87. The number of aromatic nitrogens is 2. The van der Waals surface area contributed by atoms with E-state index < -0.39 is 0 Å². The predicted molar refractivity (Wildman–Crippen MR) is 76.0 cm³/mol. The van der Waals surface area contributed by atoms with Crippen LogP contribution in [0.4, 0.5) is 5.69 Å². The molecule has 1 unspecified atom stereocenters. The van der Waals surface area contributed by atoms with Gasteiger partial charge in [0.15, 0.2) is 0 Å². The van der Waals surface area contributed by atoms with Gasteiger partial charge in [-0.15, -0.1) is 0 Å². The van der Waals surface area contributed by atoms with Crippen LogP contribution in [0, 0.1) is 5.92 Å². The van der Waals surface area contributed by atoms with Crippen molar-refractivity contribution in [1.29, 1.82) is 0 Å². The van der Waals surface area contributed by atoms with Gasteiger partial charge in [-0.25, -0.2) is 4.68 Å². The SMILES string of the molecule is CN(CC1CCCNC1)c1cnn(C)c(=O)c1Br. The zero-order chi connectivity index (χ0) is 13.1. The van der Waals surface area contributed by atoms with Crippen molar-refractivity contribution < 1.29 is 0 Å². The Morgan fingerprint density at radius 2 is 2.44 bits per heavy atom. The van der Waals surface area contributed by atoms with Gasteiger partial charge in [-0.2, -0.15) is 5.10 Å². The second-order valence-corrected chi connectivity index (χ2v) is 5.66. The van der Waals surface area contributed by atoms with Crippen molar-refractivity contribution in [3.8, 4) is 0 Å². The Bertz CT molecular complexity index is 468. The van der Waals surface area contributed by atoms with Crippen molar-refractivity contribution in [2.45, 2.75) is 12.8 Å². The molecule has 18 heavy (non-hydrogen) atoms. The molecule has 6 heteroatoms. The van der Waals surface area contributed by atoms with Crippen LogP contribution in [0.5, 0.6) is 0 Å². The lowest BCUT2D eigenvalue weighted by Crippen LogP contribution is -2.37. The lowest BCUT2D eigenvalue weighted by atomic mass is 9.99. The first-order valence-corrected chi connectivity index (χ1v) is 7.02. The van der Waals surface area contributed by atoms with Gasteiger partial charge in [-0.3, -0.25) is 4.79 Å². The molecule has 1 saturated heterocycles. The summed E-state index contributed by atoms with van der Waals surface area (Å²) >= 11 is 3.37. The van der Waals surface area contributed by atoms with Crippen LogP contribution in [0.15, 0.2) is 15.5 Å². The summed E-state index contributed by atoms with van der Waals surface area (Å²) in [5.74, 6) is 0.639. The molecule has 0 radical (unpaired) electrons. The summed E-state index contributed by atoms with van der Waals surface area (Å²) in [6.07, 6.45) is 4.21. The van der Waals surface area contributed by atoms with E-state index in [1.807, 2.05) is 7.05 Å². The van der Waals surface area contributed by atoms with Gasteiger partial charge in [0.2, 0.25) is 0 Å². The Kier molecular flexibility index (Phi) is 4.40. The molecule has 1 aliphatic heterocycles. The fourth-order valence-corrected chi connectivity index (χ4v) is 3.00. The highest BCUT2D eigenvalue weighted by Crippen LogP contribution is 2.22. The summed E-state index contributed by atoms with van der Waals surface area (Å²) in [4.78, 5) is 13.9. The van der Waals surface area contributed by atoms with Crippen LogP contribution in [-0.2, 0) is 7.05 Å². The normalized spacial score (nSPS) is 19.8. The van der Waals surface area contributed by atoms with Crippen LogP contribution < -0.4 is 15.8 Å². The van der Waals surface area contributed by atoms with Crippen molar-refractivity contribution in [3.05, 3.63) is 21.0 Å². The molecule has 100 valence electrons. The fraction of sp³-hybridized carbons (Fsp3) is 0.667. The Morgan fingerprint density at radius 3 is 3.11 bits per heavy atom. The second kappa shape index (κ2) is 5.84. The van der Waals surface area contributed by atoms with Crippen molar-refractivity contribution in [1.82, 2.24) is 15.1 Å². The van der Waals surface area contributed by atoms with Crippen LogP contribution in [-0.4, -0.2) is 36.5 Å². The molecule has 1 atom stereocenters. The van der Waals surface area contributed by atoms with Gasteiger partial charge in [-0.1, -0.05) is 0 Å². The third-order valence-electron chi connectivity index (χ3n) is 3.40. The Morgan fingerprint density at radius 1 is 1.67 bits per heavy atom. The van der Waals surface area contributed by atoms with Crippen LogP contribution in [0.3, 0.4) is 0 Å². The molecular formula is C12H19BrN4O. The lowest BCUT2D eigenvalue weighted by molar-refractivity contribution is 0.381. The van der Waals surface area contributed by atoms with Crippen molar-refractivity contribution in [3.63, 3.8) is 0 Å². The van der Waals surface area contributed by atoms with Gasteiger partial charge in [0.05, 0.1) is 11.9 Å². The molecule has 0 aliphatic carbocycles. The molecular weight excluding hydrogens is 296 g/mol. The molecule has 1 aromatic heterocycles. The molecule has 1 fully saturated rings. The van der Waals surface area contributed by atoms with Crippen LogP contribution >= 0.6 is 15.9 Å². The first kappa shape index (κ1) is 13.5. The molecule has 0 spiro atoms. The van der Waals surface area contributed by atoms with E-state index in [1.165, 1.54) is 17.5 Å². The van der Waals surface area contributed by atoms with E-state index in [-0.39, 0.29) is 5.56 Å². The number of aryl methyl sites for hydroxylation is 1. The third-order valence-corrected chi connectivity index (χ3v) is 4.15. The highest BCUT2D eigenvalue weighted by Gasteiger charge is 2.17. The summed E-state index contributed by atoms with van der Waals surface area (Å²) < 4.78 is 1.93. The van der Waals surface area contributed by atoms with Gasteiger partial charge < -0.3 is 10.2 Å². The van der Waals surface area contributed by atoms with Crippen molar-refractivity contribution >= 4 is 21.6 Å². The number of rotatable bonds is 3. The first-order valence-electron chi connectivity index (χ1n) is 6.23. The van der Waals surface area contributed by atoms with E-state index in [0.717, 1.165) is 25.3 Å². The van der Waals surface area contributed by atoms with Gasteiger partial charge in [0.1, 0.15) is 4.47 Å². The summed E-state index contributed by atoms with van der Waals surface area (Å²) in [5.41, 5.74) is 0.768. The van der Waals surface area contributed by atoms with E-state index in [2.05, 4.69) is 31.2 Å². The number of nitrogens with zero attached hydrogens (tertiary/aromatic N) is 3. The predicted octanol–water partition coefficient (Wildman–Crippen LogP) is 0.979. The molecule has 0 bridgehead atoms. The average Bonchev–Trinajstić information content (AvgIpc) is 2.37. The van der Waals surface area contributed by atoms with E-state index in [0.29, 0.717) is 10.4 Å². The molecule has 5 nitrogen and oxygen atoms in total. The van der Waals surface area contributed by atoms with E-state index >= 15 is 0 Å².